The maximum Gasteiger partial charge on any atom is 0.281 e. The van der Waals surface area contributed by atoms with Crippen LogP contribution < -0.4 is 10.7 Å². The molecular weight excluding hydrogens is 370 g/mol. The summed E-state index contributed by atoms with van der Waals surface area (Å²) in [5.74, 6) is -0.560. The van der Waals surface area contributed by atoms with Gasteiger partial charge in [0.05, 0.1) is 21.7 Å². The highest BCUT2D eigenvalue weighted by molar-refractivity contribution is 7.12. The van der Waals surface area contributed by atoms with Gasteiger partial charge in [-0.15, -0.1) is 11.3 Å². The molecule has 3 rings (SSSR count). The fourth-order valence-electron chi connectivity index (χ4n) is 2.17. The van der Waals surface area contributed by atoms with Crippen molar-refractivity contribution in [3.63, 3.8) is 0 Å². The molecule has 0 radical (unpaired) electrons. The van der Waals surface area contributed by atoms with Gasteiger partial charge in [-0.2, -0.15) is 5.10 Å². The van der Waals surface area contributed by atoms with Gasteiger partial charge < -0.3 is 5.32 Å². The Kier molecular flexibility index (Phi) is 5.78. The molecule has 0 saturated heterocycles. The van der Waals surface area contributed by atoms with Gasteiger partial charge in [0.15, 0.2) is 0 Å². The average Bonchev–Trinajstić information content (AvgIpc) is 3.17. The number of nitrogens with zero attached hydrogens (tertiary/aromatic N) is 1. The molecule has 2 N–H and O–H groups in total. The van der Waals surface area contributed by atoms with Crippen molar-refractivity contribution in [1.82, 2.24) is 5.43 Å². The van der Waals surface area contributed by atoms with Crippen molar-refractivity contribution >= 4 is 46.7 Å². The molecule has 0 atom stereocenters. The van der Waals surface area contributed by atoms with Crippen molar-refractivity contribution < 1.29 is 9.59 Å². The number of halogens is 1. The van der Waals surface area contributed by atoms with Crippen LogP contribution in [0.2, 0.25) is 5.02 Å². The molecule has 0 saturated carbocycles. The van der Waals surface area contributed by atoms with E-state index in [9.17, 15) is 9.59 Å². The molecule has 26 heavy (non-hydrogen) atoms. The molecule has 0 fully saturated rings. The van der Waals surface area contributed by atoms with Crippen molar-refractivity contribution in [3.05, 3.63) is 87.1 Å². The molecule has 0 bridgehead atoms. The lowest BCUT2D eigenvalue weighted by atomic mass is 10.2. The molecule has 130 valence electrons. The van der Waals surface area contributed by atoms with Crippen LogP contribution >= 0.6 is 22.9 Å². The Morgan fingerprint density at radius 2 is 1.85 bits per heavy atom. The van der Waals surface area contributed by atoms with Gasteiger partial charge in [0.2, 0.25) is 0 Å². The summed E-state index contributed by atoms with van der Waals surface area (Å²) in [5.41, 5.74) is 4.19. The number of anilines is 1. The van der Waals surface area contributed by atoms with E-state index < -0.39 is 0 Å². The van der Waals surface area contributed by atoms with Gasteiger partial charge in [-0.25, -0.2) is 5.43 Å². The lowest BCUT2D eigenvalue weighted by Gasteiger charge is -2.07. The van der Waals surface area contributed by atoms with Crippen LogP contribution in [-0.4, -0.2) is 18.0 Å². The second-order valence-corrected chi connectivity index (χ2v) is 6.59. The van der Waals surface area contributed by atoms with Crippen molar-refractivity contribution in [2.45, 2.75) is 0 Å². The lowest BCUT2D eigenvalue weighted by molar-refractivity contribution is 0.0958. The molecule has 0 aliphatic heterocycles. The maximum atomic E-state index is 12.3. The summed E-state index contributed by atoms with van der Waals surface area (Å²) in [5, 5.41) is 8.94. The summed E-state index contributed by atoms with van der Waals surface area (Å²) in [6.07, 6.45) is 1.51. The van der Waals surface area contributed by atoms with Crippen LogP contribution in [0.3, 0.4) is 0 Å². The third-order valence-corrected chi connectivity index (χ3v) is 4.59. The minimum atomic E-state index is -0.296. The standard InChI is InChI=1S/C19H14ClN3O2S/c20-16-8-2-1-7-15(16)18(24)22-14-6-3-5-13(11-14)12-21-23-19(25)17-9-4-10-26-17/h1-12H,(H,22,24)(H,23,25)/b21-12-. The van der Waals surface area contributed by atoms with Gasteiger partial charge in [-0.05, 0) is 41.3 Å². The SMILES string of the molecule is O=C(N/N=C\c1cccc(NC(=O)c2ccccc2Cl)c1)c1cccs1. The highest BCUT2D eigenvalue weighted by Crippen LogP contribution is 2.17. The first-order chi connectivity index (χ1) is 12.6. The molecule has 1 aromatic heterocycles. The average molecular weight is 384 g/mol. The van der Waals surface area contributed by atoms with E-state index in [0.717, 1.165) is 5.56 Å². The van der Waals surface area contributed by atoms with E-state index in [4.69, 9.17) is 11.6 Å². The number of rotatable bonds is 5. The second-order valence-electron chi connectivity index (χ2n) is 5.24. The second kappa shape index (κ2) is 8.42. The van der Waals surface area contributed by atoms with Crippen LogP contribution in [-0.2, 0) is 0 Å². The third kappa shape index (κ3) is 4.56. The molecule has 5 nitrogen and oxygen atoms in total. The summed E-state index contributed by atoms with van der Waals surface area (Å²) in [4.78, 5) is 24.7. The molecule has 2 aromatic carbocycles. The largest absolute Gasteiger partial charge is 0.322 e. The first-order valence-electron chi connectivity index (χ1n) is 7.66. The Morgan fingerprint density at radius 3 is 2.62 bits per heavy atom. The molecular formula is C19H14ClN3O2S. The van der Waals surface area contributed by atoms with Gasteiger partial charge in [-0.3, -0.25) is 9.59 Å². The van der Waals surface area contributed by atoms with Crippen molar-refractivity contribution in [1.29, 1.82) is 0 Å². The summed E-state index contributed by atoms with van der Waals surface area (Å²) in [6, 6.07) is 17.5. The highest BCUT2D eigenvalue weighted by atomic mass is 35.5. The number of hydrogen-bond acceptors (Lipinski definition) is 4. The molecule has 1 heterocycles. The van der Waals surface area contributed by atoms with Crippen LogP contribution in [0.5, 0.6) is 0 Å². The van der Waals surface area contributed by atoms with Crippen LogP contribution in [0.1, 0.15) is 25.6 Å². The normalized spacial score (nSPS) is 10.7. The fourth-order valence-corrected chi connectivity index (χ4v) is 3.00. The summed E-state index contributed by atoms with van der Waals surface area (Å²) >= 11 is 7.38. The van der Waals surface area contributed by atoms with E-state index in [2.05, 4.69) is 15.8 Å². The zero-order valence-corrected chi connectivity index (χ0v) is 15.1. The predicted molar refractivity (Wildman–Crippen MR) is 105 cm³/mol. The molecule has 7 heteroatoms. The van der Waals surface area contributed by atoms with E-state index in [1.807, 2.05) is 11.4 Å². The molecule has 0 spiro atoms. The van der Waals surface area contributed by atoms with E-state index in [1.165, 1.54) is 17.6 Å². The molecule has 2 amide bonds. The minimum absolute atomic E-state index is 0.264. The smallest absolute Gasteiger partial charge is 0.281 e. The van der Waals surface area contributed by atoms with Gasteiger partial charge in [0, 0.05) is 5.69 Å². The Labute approximate surface area is 159 Å². The summed E-state index contributed by atoms with van der Waals surface area (Å²) in [7, 11) is 0. The van der Waals surface area contributed by atoms with E-state index >= 15 is 0 Å². The van der Waals surface area contributed by atoms with Gasteiger partial charge >= 0.3 is 0 Å². The molecule has 0 aliphatic carbocycles. The fraction of sp³-hybridized carbons (Fsp3) is 0. The van der Waals surface area contributed by atoms with Crippen molar-refractivity contribution in [2.75, 3.05) is 5.32 Å². The first kappa shape index (κ1) is 17.8. The minimum Gasteiger partial charge on any atom is -0.322 e. The van der Waals surface area contributed by atoms with Crippen LogP contribution in [0.25, 0.3) is 0 Å². The van der Waals surface area contributed by atoms with Crippen LogP contribution in [0.4, 0.5) is 5.69 Å². The number of hydrazone groups is 1. The number of thiophene rings is 1. The van der Waals surface area contributed by atoms with E-state index in [-0.39, 0.29) is 11.8 Å². The Hall–Kier alpha value is -2.96. The van der Waals surface area contributed by atoms with Gasteiger partial charge in [0.1, 0.15) is 0 Å². The number of carbonyl (C=O) groups is 2. The summed E-state index contributed by atoms with van der Waals surface area (Å²) in [6.45, 7) is 0. The predicted octanol–water partition coefficient (Wildman–Crippen LogP) is 4.42. The number of amides is 2. The summed E-state index contributed by atoms with van der Waals surface area (Å²) < 4.78 is 0. The number of carbonyl (C=O) groups excluding carboxylic acids is 2. The van der Waals surface area contributed by atoms with Crippen molar-refractivity contribution in [2.24, 2.45) is 5.10 Å². The number of benzene rings is 2. The van der Waals surface area contributed by atoms with E-state index in [0.29, 0.717) is 21.2 Å². The first-order valence-corrected chi connectivity index (χ1v) is 8.92. The third-order valence-electron chi connectivity index (χ3n) is 3.39. The van der Waals surface area contributed by atoms with Crippen LogP contribution in [0, 0.1) is 0 Å². The van der Waals surface area contributed by atoms with Crippen molar-refractivity contribution in [3.8, 4) is 0 Å². The Bertz CT molecular complexity index is 955. The zero-order valence-electron chi connectivity index (χ0n) is 13.5. The lowest BCUT2D eigenvalue weighted by Crippen LogP contribution is -2.16. The molecule has 0 unspecified atom stereocenters. The zero-order chi connectivity index (χ0) is 18.4. The van der Waals surface area contributed by atoms with Gasteiger partial charge in [-0.1, -0.05) is 41.9 Å². The maximum absolute atomic E-state index is 12.3. The highest BCUT2D eigenvalue weighted by Gasteiger charge is 2.09. The number of nitrogens with one attached hydrogen (secondary N) is 2. The topological polar surface area (TPSA) is 70.6 Å². The van der Waals surface area contributed by atoms with Gasteiger partial charge in [0.25, 0.3) is 11.8 Å². The van der Waals surface area contributed by atoms with E-state index in [1.54, 1.807) is 54.6 Å². The Balaban J connectivity index is 1.64. The molecule has 3 aromatic rings. The quantitative estimate of drug-likeness (QED) is 0.505. The molecule has 0 aliphatic rings. The Morgan fingerprint density at radius 1 is 1.00 bits per heavy atom. The monoisotopic (exact) mass is 383 g/mol. The number of hydrogen-bond donors (Lipinski definition) is 2. The van der Waals surface area contributed by atoms with Crippen LogP contribution in [0.15, 0.2) is 71.1 Å².